The summed E-state index contributed by atoms with van der Waals surface area (Å²) in [6.07, 6.45) is 5.99. The number of fused-ring (bicyclic) bond motifs is 1. The van der Waals surface area contributed by atoms with Gasteiger partial charge in [-0.15, -0.1) is 5.11 Å². The normalized spacial score (nSPS) is 14.8. The first-order valence-electron chi connectivity index (χ1n) is 14.8. The van der Waals surface area contributed by atoms with Crippen molar-refractivity contribution in [3.8, 4) is 5.75 Å². The Morgan fingerprint density at radius 2 is 1.26 bits per heavy atom. The Balaban J connectivity index is 1.12. The summed E-state index contributed by atoms with van der Waals surface area (Å²) < 4.78 is 0. The van der Waals surface area contributed by atoms with Gasteiger partial charge in [-0.3, -0.25) is 4.99 Å². The third-order valence-corrected chi connectivity index (χ3v) is 8.18. The molecule has 0 amide bonds. The van der Waals surface area contributed by atoms with Crippen LogP contribution in [0.25, 0.3) is 10.8 Å². The van der Waals surface area contributed by atoms with Crippen molar-refractivity contribution in [1.82, 2.24) is 0 Å². The van der Waals surface area contributed by atoms with Crippen LogP contribution in [0.1, 0.15) is 35.1 Å². The lowest BCUT2D eigenvalue weighted by atomic mass is 9.89. The smallest absolute Gasteiger partial charge is 0.129 e. The summed E-state index contributed by atoms with van der Waals surface area (Å²) in [5, 5.41) is 30.8. The summed E-state index contributed by atoms with van der Waals surface area (Å²) in [7, 11) is 0. The van der Waals surface area contributed by atoms with Gasteiger partial charge in [-0.05, 0) is 92.8 Å². The molecule has 0 aromatic heterocycles. The molecule has 0 unspecified atom stereocenters. The minimum Gasteiger partial charge on any atom is -0.507 e. The molecule has 0 saturated carbocycles. The lowest BCUT2D eigenvalue weighted by Crippen LogP contribution is -2.34. The van der Waals surface area contributed by atoms with Crippen LogP contribution in [0.3, 0.4) is 0 Å². The molecule has 0 radical (unpaired) electrons. The van der Waals surface area contributed by atoms with Gasteiger partial charge in [0.05, 0.1) is 28.4 Å². The average Bonchev–Trinajstić information content (AvgIpc) is 3.05. The van der Waals surface area contributed by atoms with Crippen molar-refractivity contribution in [3.63, 3.8) is 0 Å². The van der Waals surface area contributed by atoms with Gasteiger partial charge in [-0.1, -0.05) is 42.0 Å². The number of aryl methyl sites for hydroxylation is 2. The summed E-state index contributed by atoms with van der Waals surface area (Å²) >= 11 is 0. The fourth-order valence-electron chi connectivity index (χ4n) is 6.00. The Morgan fingerprint density at radius 1 is 0.674 bits per heavy atom. The van der Waals surface area contributed by atoms with Crippen LogP contribution in [0.5, 0.6) is 5.75 Å². The number of anilines is 1. The summed E-state index contributed by atoms with van der Waals surface area (Å²) in [5.74, 6) is 0.367. The van der Waals surface area contributed by atoms with E-state index in [1.807, 2.05) is 91.9 Å². The van der Waals surface area contributed by atoms with Gasteiger partial charge >= 0.3 is 0 Å². The molecule has 2 aliphatic rings. The number of phenols is 1. The van der Waals surface area contributed by atoms with Crippen LogP contribution in [0.15, 0.2) is 116 Å². The maximum Gasteiger partial charge on any atom is 0.129 e. The van der Waals surface area contributed by atoms with Crippen LogP contribution in [0.2, 0.25) is 0 Å². The quantitative estimate of drug-likeness (QED) is 0.164. The van der Waals surface area contributed by atoms with Crippen LogP contribution in [-0.2, 0) is 12.8 Å². The number of rotatable bonds is 6. The van der Waals surface area contributed by atoms with E-state index in [0.29, 0.717) is 5.75 Å². The molecule has 2 heterocycles. The third-order valence-electron chi connectivity index (χ3n) is 8.18. The van der Waals surface area contributed by atoms with Crippen molar-refractivity contribution in [2.24, 2.45) is 25.4 Å². The number of aromatic hydroxyl groups is 1. The molecule has 5 aromatic carbocycles. The summed E-state index contributed by atoms with van der Waals surface area (Å²) in [4.78, 5) is 7.29. The first-order chi connectivity index (χ1) is 21.1. The Morgan fingerprint density at radius 3 is 1.95 bits per heavy atom. The minimum atomic E-state index is 0.367. The van der Waals surface area contributed by atoms with Crippen LogP contribution in [0, 0.1) is 6.92 Å². The zero-order valence-corrected chi connectivity index (χ0v) is 24.1. The van der Waals surface area contributed by atoms with Crippen LogP contribution >= 0.6 is 0 Å². The number of hydrogen-bond acceptors (Lipinski definition) is 7. The zero-order valence-electron chi connectivity index (χ0n) is 24.1. The molecule has 0 fully saturated rings. The van der Waals surface area contributed by atoms with Crippen LogP contribution in [-0.4, -0.2) is 24.4 Å². The van der Waals surface area contributed by atoms with Crippen molar-refractivity contribution in [3.05, 3.63) is 113 Å². The maximum atomic E-state index is 11.2. The summed E-state index contributed by atoms with van der Waals surface area (Å²) in [6.45, 7) is 4.20. The summed E-state index contributed by atoms with van der Waals surface area (Å²) in [6, 6.07) is 29.5. The third kappa shape index (κ3) is 5.54. The minimum absolute atomic E-state index is 0.367. The molecule has 7 nitrogen and oxygen atoms in total. The zero-order chi connectivity index (χ0) is 29.2. The molecule has 43 heavy (non-hydrogen) atoms. The van der Waals surface area contributed by atoms with E-state index in [2.05, 4.69) is 31.4 Å². The highest BCUT2D eigenvalue weighted by Gasteiger charge is 2.27. The average molecular weight is 565 g/mol. The van der Waals surface area contributed by atoms with Gasteiger partial charge in [0.1, 0.15) is 5.75 Å². The lowest BCUT2D eigenvalue weighted by Gasteiger charge is -2.37. The number of nitrogens with zero attached hydrogens (tertiary/aromatic N) is 6. The number of phenolic OH excluding ortho intramolecular Hbond substituents is 1. The van der Waals surface area contributed by atoms with Gasteiger partial charge in [0, 0.05) is 46.9 Å². The predicted octanol–water partition coefficient (Wildman–Crippen LogP) is 10.1. The highest BCUT2D eigenvalue weighted by molar-refractivity contribution is 6.01. The van der Waals surface area contributed by atoms with Crippen molar-refractivity contribution in [2.45, 2.75) is 32.6 Å². The van der Waals surface area contributed by atoms with E-state index in [1.54, 1.807) is 6.21 Å². The van der Waals surface area contributed by atoms with E-state index in [0.717, 1.165) is 89.1 Å². The van der Waals surface area contributed by atoms with E-state index in [9.17, 15) is 5.11 Å². The van der Waals surface area contributed by atoms with Crippen molar-refractivity contribution in [1.29, 1.82) is 0 Å². The molecule has 1 N–H and O–H groups in total. The Hall–Kier alpha value is -5.17. The van der Waals surface area contributed by atoms with E-state index in [4.69, 9.17) is 4.99 Å². The van der Waals surface area contributed by atoms with E-state index in [1.165, 1.54) is 16.8 Å². The number of benzene rings is 5. The first kappa shape index (κ1) is 26.7. The molecule has 7 rings (SSSR count). The standard InChI is InChI=1S/C36H32N6O/c1-24-10-12-27(13-11-24)38-39-28-14-16-29(17-15-28)40-41-34-19-18-33(30-7-2-3-8-31(30)34)37-23-26-22-25-6-4-20-42-21-5-9-32(35(25)42)36(26)43/h2-3,7-8,10-19,22-23,43H,4-6,9,20-21H2,1H3. The molecular formula is C36H32N6O. The Labute approximate surface area is 251 Å². The second-order valence-corrected chi connectivity index (χ2v) is 11.2. The molecule has 0 spiro atoms. The Bertz CT molecular complexity index is 1890. The highest BCUT2D eigenvalue weighted by Crippen LogP contribution is 2.42. The van der Waals surface area contributed by atoms with Gasteiger partial charge in [0.2, 0.25) is 0 Å². The summed E-state index contributed by atoms with van der Waals surface area (Å²) in [5.41, 5.74) is 9.51. The van der Waals surface area contributed by atoms with E-state index in [-0.39, 0.29) is 0 Å². The van der Waals surface area contributed by atoms with Gasteiger partial charge in [-0.2, -0.15) is 15.3 Å². The van der Waals surface area contributed by atoms with E-state index >= 15 is 0 Å². The Kier molecular flexibility index (Phi) is 7.21. The molecule has 7 heteroatoms. The second kappa shape index (κ2) is 11.6. The molecule has 2 aliphatic heterocycles. The monoisotopic (exact) mass is 564 g/mol. The van der Waals surface area contributed by atoms with Gasteiger partial charge < -0.3 is 10.0 Å². The van der Waals surface area contributed by atoms with Gasteiger partial charge in [0.15, 0.2) is 0 Å². The molecule has 0 saturated heterocycles. The number of aliphatic imine (C=N–C) groups is 1. The fraction of sp³-hybridized carbons (Fsp3) is 0.194. The first-order valence-corrected chi connectivity index (χ1v) is 14.8. The van der Waals surface area contributed by atoms with Crippen molar-refractivity contribution < 1.29 is 5.11 Å². The van der Waals surface area contributed by atoms with Crippen molar-refractivity contribution >= 4 is 51.1 Å². The van der Waals surface area contributed by atoms with Crippen molar-refractivity contribution in [2.75, 3.05) is 18.0 Å². The lowest BCUT2D eigenvalue weighted by molar-refractivity contribution is 0.461. The SMILES string of the molecule is Cc1ccc(N=Nc2ccc(N=Nc3ccc(N=Cc4cc5c6c(c4O)CCCN6CCC5)c4ccccc34)cc2)cc1. The van der Waals surface area contributed by atoms with Gasteiger partial charge in [0.25, 0.3) is 0 Å². The molecular weight excluding hydrogens is 532 g/mol. The molecule has 0 atom stereocenters. The topological polar surface area (TPSA) is 85.3 Å². The second-order valence-electron chi connectivity index (χ2n) is 11.2. The highest BCUT2D eigenvalue weighted by atomic mass is 16.3. The molecule has 0 bridgehead atoms. The number of hydrogen-bond donors (Lipinski definition) is 1. The van der Waals surface area contributed by atoms with Gasteiger partial charge in [-0.25, -0.2) is 0 Å². The largest absolute Gasteiger partial charge is 0.507 e. The van der Waals surface area contributed by atoms with Crippen LogP contribution < -0.4 is 4.90 Å². The molecule has 212 valence electrons. The van der Waals surface area contributed by atoms with Crippen LogP contribution in [0.4, 0.5) is 34.1 Å². The molecule has 0 aliphatic carbocycles. The van der Waals surface area contributed by atoms with E-state index < -0.39 is 0 Å². The maximum absolute atomic E-state index is 11.2. The predicted molar refractivity (Wildman–Crippen MR) is 174 cm³/mol. The fourth-order valence-corrected chi connectivity index (χ4v) is 6.00. The number of azo groups is 2. The molecule has 5 aromatic rings.